The molecule has 2 aromatic heterocycles. The van der Waals surface area contributed by atoms with E-state index in [1.807, 2.05) is 84.9 Å². The van der Waals surface area contributed by atoms with Crippen molar-refractivity contribution in [1.29, 1.82) is 0 Å². The number of Topliss-reactive ketones (excluding diaryl/α,β-unsaturated/α-hetero) is 1. The van der Waals surface area contributed by atoms with Crippen molar-refractivity contribution >= 4 is 58.2 Å². The highest BCUT2D eigenvalue weighted by atomic mass is 16.4. The zero-order valence-electron chi connectivity index (χ0n) is 31.0. The molecule has 1 fully saturated rings. The normalized spacial score (nSPS) is 15.9. The van der Waals surface area contributed by atoms with E-state index < -0.39 is 5.97 Å². The number of furan rings is 2. The fraction of sp³-hybridized carbons (Fsp3) is 0.149. The minimum Gasteiger partial charge on any atom is -0.478 e. The van der Waals surface area contributed by atoms with Crippen LogP contribution >= 0.6 is 0 Å². The van der Waals surface area contributed by atoms with Crippen LogP contribution in [0.3, 0.4) is 0 Å². The average Bonchev–Trinajstić information content (AvgIpc) is 4.09. The van der Waals surface area contributed by atoms with Gasteiger partial charge in [-0.05, 0) is 106 Å². The van der Waals surface area contributed by atoms with Crippen molar-refractivity contribution in [2.24, 2.45) is 0 Å². The number of anilines is 2. The number of rotatable bonds is 10. The number of nitrogens with zero attached hydrogens (tertiary/aromatic N) is 1. The van der Waals surface area contributed by atoms with Crippen molar-refractivity contribution in [2.45, 2.75) is 25.7 Å². The second kappa shape index (κ2) is 16.4. The first-order chi connectivity index (χ1) is 27.8. The lowest BCUT2D eigenvalue weighted by atomic mass is 10.0. The van der Waals surface area contributed by atoms with Gasteiger partial charge in [0.2, 0.25) is 0 Å². The lowest BCUT2D eigenvalue weighted by Gasteiger charge is -2.13. The van der Waals surface area contributed by atoms with E-state index in [4.69, 9.17) is 13.9 Å². The molecule has 0 unspecified atom stereocenters. The summed E-state index contributed by atoms with van der Waals surface area (Å²) in [6.07, 6.45) is 7.45. The Kier molecular flexibility index (Phi) is 10.6. The van der Waals surface area contributed by atoms with Crippen LogP contribution in [0.4, 0.5) is 11.4 Å². The molecule has 10 nitrogen and oxygen atoms in total. The van der Waals surface area contributed by atoms with Crippen LogP contribution in [0.2, 0.25) is 0 Å². The van der Waals surface area contributed by atoms with E-state index in [0.29, 0.717) is 51.7 Å². The number of nitrogens with one attached hydrogen (secondary N) is 2. The van der Waals surface area contributed by atoms with E-state index in [1.54, 1.807) is 42.5 Å². The third-order valence-corrected chi connectivity index (χ3v) is 10.2. The topological polar surface area (TPSA) is 142 Å². The van der Waals surface area contributed by atoms with E-state index in [0.717, 1.165) is 54.1 Å². The summed E-state index contributed by atoms with van der Waals surface area (Å²) in [6, 6.07) is 36.4. The molecule has 2 amide bonds. The number of ketones is 1. The van der Waals surface area contributed by atoms with Crippen LogP contribution in [-0.2, 0) is 9.59 Å². The number of hydrogen-bond acceptors (Lipinski definition) is 7. The molecular weight excluding hydrogens is 719 g/mol. The SMILES string of the molecule is O=C1Nc2ccccc2/C1=C\c1ccc(-c2cccc(C(=O)CCCN3CCCC3)c2)o1.O=C1Nc2ccccc2/C1=C\c1ccc(-c2cccc(C(=O)O)c2)o1. The lowest BCUT2D eigenvalue weighted by molar-refractivity contribution is -0.111. The maximum absolute atomic E-state index is 12.7. The summed E-state index contributed by atoms with van der Waals surface area (Å²) in [5.74, 6) is 1.21. The second-order valence-electron chi connectivity index (χ2n) is 14.1. The van der Waals surface area contributed by atoms with Crippen molar-refractivity contribution < 1.29 is 33.1 Å². The minimum atomic E-state index is -0.991. The van der Waals surface area contributed by atoms with Crippen LogP contribution in [0.25, 0.3) is 45.9 Å². The highest BCUT2D eigenvalue weighted by molar-refractivity contribution is 6.35. The molecule has 1 saturated heterocycles. The van der Waals surface area contributed by atoms with Gasteiger partial charge in [0.1, 0.15) is 23.0 Å². The van der Waals surface area contributed by atoms with Gasteiger partial charge in [0.25, 0.3) is 11.8 Å². The summed E-state index contributed by atoms with van der Waals surface area (Å²) >= 11 is 0. The molecule has 10 heteroatoms. The molecule has 0 bridgehead atoms. The number of para-hydroxylation sites is 2. The van der Waals surface area contributed by atoms with E-state index >= 15 is 0 Å². The summed E-state index contributed by atoms with van der Waals surface area (Å²) in [7, 11) is 0. The molecule has 0 aliphatic carbocycles. The molecule has 0 spiro atoms. The molecule has 6 aromatic rings. The average molecular weight is 758 g/mol. The van der Waals surface area contributed by atoms with Gasteiger partial charge in [0, 0.05) is 45.6 Å². The standard InChI is InChI=1S/C27H26N2O3.C20H13NO4/c30-25(11-6-16-29-14-3-4-15-29)19-7-5-8-20(17-19)26-13-12-21(32-26)18-23-22-9-1-2-10-24(22)28-27(23)31;22-19-16(15-6-1-2-7-17(15)21-19)11-14-8-9-18(25-14)12-4-3-5-13(10-12)20(23)24/h1-2,5,7-10,12-13,17-18H,3-4,6,11,14-16H2,(H,28,31);1-11H,(H,21,22)(H,23,24)/b23-18+;16-11+. The fourth-order valence-electron chi connectivity index (χ4n) is 7.29. The van der Waals surface area contributed by atoms with Gasteiger partial charge in [-0.2, -0.15) is 0 Å². The maximum Gasteiger partial charge on any atom is 0.335 e. The quantitative estimate of drug-likeness (QED) is 0.0927. The third-order valence-electron chi connectivity index (χ3n) is 10.2. The minimum absolute atomic E-state index is 0.134. The number of carboxylic acids is 1. The Hall–Kier alpha value is -7.04. The fourth-order valence-corrected chi connectivity index (χ4v) is 7.29. The smallest absolute Gasteiger partial charge is 0.335 e. The highest BCUT2D eigenvalue weighted by Gasteiger charge is 2.25. The molecule has 4 aromatic carbocycles. The van der Waals surface area contributed by atoms with Crippen molar-refractivity contribution in [1.82, 2.24) is 4.90 Å². The molecule has 0 atom stereocenters. The number of hydrogen-bond donors (Lipinski definition) is 3. The summed E-state index contributed by atoms with van der Waals surface area (Å²) in [5, 5.41) is 14.8. The van der Waals surface area contributed by atoms with E-state index in [1.165, 1.54) is 18.9 Å². The number of amides is 2. The van der Waals surface area contributed by atoms with Gasteiger partial charge in [0.05, 0.1) is 16.7 Å². The molecule has 5 heterocycles. The van der Waals surface area contributed by atoms with Gasteiger partial charge in [-0.1, -0.05) is 66.7 Å². The van der Waals surface area contributed by atoms with Crippen LogP contribution in [0.5, 0.6) is 0 Å². The number of carbonyl (C=O) groups is 4. The Bertz CT molecular complexity index is 2570. The highest BCUT2D eigenvalue weighted by Crippen LogP contribution is 2.35. The largest absolute Gasteiger partial charge is 0.478 e. The van der Waals surface area contributed by atoms with Crippen molar-refractivity contribution in [3.8, 4) is 22.6 Å². The summed E-state index contributed by atoms with van der Waals surface area (Å²) in [6.45, 7) is 3.32. The summed E-state index contributed by atoms with van der Waals surface area (Å²) in [5.41, 5.74) is 6.85. The molecule has 0 radical (unpaired) electrons. The summed E-state index contributed by atoms with van der Waals surface area (Å²) < 4.78 is 11.8. The first kappa shape index (κ1) is 36.9. The Balaban J connectivity index is 0.000000165. The zero-order valence-corrected chi connectivity index (χ0v) is 31.0. The van der Waals surface area contributed by atoms with Crippen LogP contribution in [-0.4, -0.2) is 53.2 Å². The van der Waals surface area contributed by atoms with Crippen LogP contribution in [0, 0.1) is 0 Å². The molecule has 9 rings (SSSR count). The first-order valence-corrected chi connectivity index (χ1v) is 18.9. The lowest BCUT2D eigenvalue weighted by Crippen LogP contribution is -2.21. The Morgan fingerprint density at radius 1 is 0.632 bits per heavy atom. The number of carbonyl (C=O) groups excluding carboxylic acids is 3. The molecular formula is C47H39N3O7. The number of carboxylic acid groups (broad SMARTS) is 1. The van der Waals surface area contributed by atoms with Gasteiger partial charge in [-0.3, -0.25) is 14.4 Å². The van der Waals surface area contributed by atoms with Crippen molar-refractivity contribution in [2.75, 3.05) is 30.3 Å². The number of fused-ring (bicyclic) bond motifs is 2. The third kappa shape index (κ3) is 8.31. The Morgan fingerprint density at radius 2 is 1.14 bits per heavy atom. The predicted molar refractivity (Wildman–Crippen MR) is 220 cm³/mol. The summed E-state index contributed by atoms with van der Waals surface area (Å²) in [4.78, 5) is 50.7. The monoisotopic (exact) mass is 757 g/mol. The molecule has 57 heavy (non-hydrogen) atoms. The number of aromatic carboxylic acids is 1. The number of likely N-dealkylation sites (tertiary alicyclic amines) is 1. The van der Waals surface area contributed by atoms with Crippen LogP contribution in [0.1, 0.15) is 69.0 Å². The zero-order chi connectivity index (χ0) is 39.3. The predicted octanol–water partition coefficient (Wildman–Crippen LogP) is 9.64. The first-order valence-electron chi connectivity index (χ1n) is 18.9. The second-order valence-corrected chi connectivity index (χ2v) is 14.1. The molecule has 0 saturated carbocycles. The van der Waals surface area contributed by atoms with Crippen molar-refractivity contribution in [3.05, 3.63) is 155 Å². The molecule has 284 valence electrons. The Morgan fingerprint density at radius 3 is 1.68 bits per heavy atom. The van der Waals surface area contributed by atoms with Gasteiger partial charge < -0.3 is 29.5 Å². The molecule has 3 aliphatic heterocycles. The van der Waals surface area contributed by atoms with Crippen molar-refractivity contribution in [3.63, 3.8) is 0 Å². The van der Waals surface area contributed by atoms with Gasteiger partial charge in [-0.25, -0.2) is 4.79 Å². The molecule has 3 N–H and O–H groups in total. The van der Waals surface area contributed by atoms with Gasteiger partial charge in [-0.15, -0.1) is 0 Å². The van der Waals surface area contributed by atoms with E-state index in [-0.39, 0.29) is 23.2 Å². The van der Waals surface area contributed by atoms with E-state index in [2.05, 4.69) is 15.5 Å². The van der Waals surface area contributed by atoms with Crippen LogP contribution < -0.4 is 10.6 Å². The van der Waals surface area contributed by atoms with Gasteiger partial charge >= 0.3 is 5.97 Å². The van der Waals surface area contributed by atoms with Gasteiger partial charge in [0.15, 0.2) is 5.78 Å². The maximum atomic E-state index is 12.7. The molecule has 3 aliphatic rings. The van der Waals surface area contributed by atoms with Crippen LogP contribution in [0.15, 0.2) is 130 Å². The van der Waals surface area contributed by atoms with E-state index in [9.17, 15) is 19.2 Å². The number of benzene rings is 4. The Labute approximate surface area is 329 Å².